The lowest BCUT2D eigenvalue weighted by molar-refractivity contribution is 0.406. The Bertz CT molecular complexity index is 792. The minimum atomic E-state index is 0.850. The average molecular weight is 318 g/mol. The van der Waals surface area contributed by atoms with E-state index in [0.717, 1.165) is 33.8 Å². The number of hydrogen-bond donors (Lipinski definition) is 0. The zero-order valence-corrected chi connectivity index (χ0v) is 14.6. The Kier molecular flexibility index (Phi) is 4.57. The molecule has 0 aliphatic rings. The molecule has 24 heavy (non-hydrogen) atoms. The fourth-order valence-electron chi connectivity index (χ4n) is 3.07. The van der Waals surface area contributed by atoms with Crippen molar-refractivity contribution in [3.05, 3.63) is 71.8 Å². The Morgan fingerprint density at radius 3 is 1.25 bits per heavy atom. The van der Waals surface area contributed by atoms with Gasteiger partial charge in [0.15, 0.2) is 0 Å². The SMILES string of the molecule is COc1cc(-c2ccccc2C)c(OC)cc1-c1ccccc1C. The van der Waals surface area contributed by atoms with Gasteiger partial charge in [-0.3, -0.25) is 0 Å². The Morgan fingerprint density at radius 1 is 0.542 bits per heavy atom. The molecular formula is C22H22O2. The monoisotopic (exact) mass is 318 g/mol. The molecule has 0 amide bonds. The molecule has 0 N–H and O–H groups in total. The quantitative estimate of drug-likeness (QED) is 0.618. The second kappa shape index (κ2) is 6.79. The van der Waals surface area contributed by atoms with E-state index in [0.29, 0.717) is 0 Å². The van der Waals surface area contributed by atoms with Crippen LogP contribution in [0.5, 0.6) is 11.5 Å². The standard InChI is InChI=1S/C22H22O2/c1-15-9-5-7-11-17(15)19-13-22(24-4)20(14-21(19)23-3)18-12-8-6-10-16(18)2/h5-14H,1-4H3. The van der Waals surface area contributed by atoms with E-state index in [2.05, 4.69) is 50.2 Å². The number of hydrogen-bond acceptors (Lipinski definition) is 2. The van der Waals surface area contributed by atoms with E-state index >= 15 is 0 Å². The Labute approximate surface area is 143 Å². The van der Waals surface area contributed by atoms with Crippen LogP contribution in [0.3, 0.4) is 0 Å². The Morgan fingerprint density at radius 2 is 0.917 bits per heavy atom. The lowest BCUT2D eigenvalue weighted by atomic mass is 9.94. The fourth-order valence-corrected chi connectivity index (χ4v) is 3.07. The summed E-state index contributed by atoms with van der Waals surface area (Å²) in [5.41, 5.74) is 6.82. The lowest BCUT2D eigenvalue weighted by Crippen LogP contribution is -1.96. The number of aryl methyl sites for hydroxylation is 2. The molecule has 0 spiro atoms. The van der Waals surface area contributed by atoms with E-state index in [4.69, 9.17) is 9.47 Å². The van der Waals surface area contributed by atoms with Crippen molar-refractivity contribution in [2.45, 2.75) is 13.8 Å². The van der Waals surface area contributed by atoms with Crippen molar-refractivity contribution in [2.75, 3.05) is 14.2 Å². The van der Waals surface area contributed by atoms with Gasteiger partial charge in [-0.05, 0) is 48.2 Å². The maximum Gasteiger partial charge on any atom is 0.127 e. The topological polar surface area (TPSA) is 18.5 Å². The van der Waals surface area contributed by atoms with Crippen molar-refractivity contribution < 1.29 is 9.47 Å². The highest BCUT2D eigenvalue weighted by Gasteiger charge is 2.16. The summed E-state index contributed by atoms with van der Waals surface area (Å²) in [4.78, 5) is 0. The van der Waals surface area contributed by atoms with Crippen LogP contribution in [-0.2, 0) is 0 Å². The molecule has 3 aromatic rings. The molecule has 0 unspecified atom stereocenters. The molecule has 2 heteroatoms. The summed E-state index contributed by atoms with van der Waals surface area (Å²) < 4.78 is 11.4. The average Bonchev–Trinajstić information content (AvgIpc) is 2.61. The highest BCUT2D eigenvalue weighted by atomic mass is 16.5. The second-order valence-corrected chi connectivity index (χ2v) is 5.88. The first-order chi connectivity index (χ1) is 11.7. The van der Waals surface area contributed by atoms with Crippen LogP contribution in [0, 0.1) is 13.8 Å². The fraction of sp³-hybridized carbons (Fsp3) is 0.182. The van der Waals surface area contributed by atoms with Gasteiger partial charge in [-0.25, -0.2) is 0 Å². The Balaban J connectivity index is 2.25. The maximum atomic E-state index is 5.70. The highest BCUT2D eigenvalue weighted by Crippen LogP contribution is 2.42. The zero-order chi connectivity index (χ0) is 17.1. The van der Waals surface area contributed by atoms with Crippen LogP contribution in [-0.4, -0.2) is 14.2 Å². The number of rotatable bonds is 4. The number of methoxy groups -OCH3 is 2. The zero-order valence-electron chi connectivity index (χ0n) is 14.6. The van der Waals surface area contributed by atoms with E-state index in [1.165, 1.54) is 11.1 Å². The van der Waals surface area contributed by atoms with Gasteiger partial charge >= 0.3 is 0 Å². The molecule has 3 aromatic carbocycles. The predicted molar refractivity (Wildman–Crippen MR) is 99.9 cm³/mol. The third-order valence-electron chi connectivity index (χ3n) is 4.39. The molecule has 0 fully saturated rings. The third-order valence-corrected chi connectivity index (χ3v) is 4.39. The first-order valence-electron chi connectivity index (χ1n) is 8.03. The molecular weight excluding hydrogens is 296 g/mol. The summed E-state index contributed by atoms with van der Waals surface area (Å²) in [6.45, 7) is 4.22. The number of ether oxygens (including phenoxy) is 2. The van der Waals surface area contributed by atoms with E-state index in [1.807, 2.05) is 24.3 Å². The minimum absolute atomic E-state index is 0.850. The van der Waals surface area contributed by atoms with E-state index < -0.39 is 0 Å². The summed E-state index contributed by atoms with van der Waals surface area (Å²) >= 11 is 0. The van der Waals surface area contributed by atoms with Crippen LogP contribution < -0.4 is 9.47 Å². The van der Waals surface area contributed by atoms with E-state index in [-0.39, 0.29) is 0 Å². The van der Waals surface area contributed by atoms with Crippen LogP contribution >= 0.6 is 0 Å². The van der Waals surface area contributed by atoms with Crippen LogP contribution in [0.1, 0.15) is 11.1 Å². The third kappa shape index (κ3) is 2.88. The van der Waals surface area contributed by atoms with Gasteiger partial charge in [0.1, 0.15) is 11.5 Å². The second-order valence-electron chi connectivity index (χ2n) is 5.88. The normalized spacial score (nSPS) is 10.5. The maximum absolute atomic E-state index is 5.70. The molecule has 0 aliphatic heterocycles. The first kappa shape index (κ1) is 16.1. The van der Waals surface area contributed by atoms with Crippen molar-refractivity contribution in [3.63, 3.8) is 0 Å². The summed E-state index contributed by atoms with van der Waals surface area (Å²) in [7, 11) is 3.43. The molecule has 3 rings (SSSR count). The van der Waals surface area contributed by atoms with Crippen molar-refractivity contribution in [1.29, 1.82) is 0 Å². The lowest BCUT2D eigenvalue weighted by Gasteiger charge is -2.17. The summed E-state index contributed by atoms with van der Waals surface area (Å²) in [5, 5.41) is 0. The van der Waals surface area contributed by atoms with Gasteiger partial charge in [0, 0.05) is 11.1 Å². The van der Waals surface area contributed by atoms with E-state index in [9.17, 15) is 0 Å². The molecule has 0 atom stereocenters. The number of benzene rings is 3. The van der Waals surface area contributed by atoms with E-state index in [1.54, 1.807) is 14.2 Å². The molecule has 0 saturated carbocycles. The molecule has 0 saturated heterocycles. The molecule has 122 valence electrons. The highest BCUT2D eigenvalue weighted by molar-refractivity contribution is 5.83. The summed E-state index contributed by atoms with van der Waals surface area (Å²) in [6.07, 6.45) is 0. The molecule has 0 heterocycles. The molecule has 0 bridgehead atoms. The molecule has 0 aliphatic carbocycles. The van der Waals surface area contributed by atoms with Gasteiger partial charge in [-0.15, -0.1) is 0 Å². The van der Waals surface area contributed by atoms with Gasteiger partial charge in [0.2, 0.25) is 0 Å². The molecule has 2 nitrogen and oxygen atoms in total. The van der Waals surface area contributed by atoms with Crippen molar-refractivity contribution in [1.82, 2.24) is 0 Å². The van der Waals surface area contributed by atoms with Crippen LogP contribution in [0.15, 0.2) is 60.7 Å². The molecule has 0 radical (unpaired) electrons. The smallest absolute Gasteiger partial charge is 0.127 e. The van der Waals surface area contributed by atoms with Crippen molar-refractivity contribution >= 4 is 0 Å². The van der Waals surface area contributed by atoms with Gasteiger partial charge in [0.05, 0.1) is 14.2 Å². The largest absolute Gasteiger partial charge is 0.496 e. The summed E-state index contributed by atoms with van der Waals surface area (Å²) in [6, 6.07) is 20.8. The van der Waals surface area contributed by atoms with Crippen LogP contribution in [0.4, 0.5) is 0 Å². The Hall–Kier alpha value is -2.74. The first-order valence-corrected chi connectivity index (χ1v) is 8.03. The molecule has 0 aromatic heterocycles. The van der Waals surface area contributed by atoms with Crippen molar-refractivity contribution in [3.8, 4) is 33.8 Å². The predicted octanol–water partition coefficient (Wildman–Crippen LogP) is 5.65. The van der Waals surface area contributed by atoms with Crippen molar-refractivity contribution in [2.24, 2.45) is 0 Å². The summed E-state index contributed by atoms with van der Waals surface area (Å²) in [5.74, 6) is 1.70. The van der Waals surface area contributed by atoms with Gasteiger partial charge in [-0.2, -0.15) is 0 Å². The van der Waals surface area contributed by atoms with Crippen LogP contribution in [0.2, 0.25) is 0 Å². The van der Waals surface area contributed by atoms with Crippen LogP contribution in [0.25, 0.3) is 22.3 Å². The minimum Gasteiger partial charge on any atom is -0.496 e. The van der Waals surface area contributed by atoms with Gasteiger partial charge in [0.25, 0.3) is 0 Å². The van der Waals surface area contributed by atoms with Gasteiger partial charge in [-0.1, -0.05) is 48.5 Å². The van der Waals surface area contributed by atoms with Gasteiger partial charge < -0.3 is 9.47 Å².